The number of hydrogen-bond donors (Lipinski definition) is 2. The first-order valence-electron chi connectivity index (χ1n) is 6.75. The third kappa shape index (κ3) is 2.48. The Labute approximate surface area is 119 Å². The van der Waals surface area contributed by atoms with Gasteiger partial charge in [-0.3, -0.25) is 9.59 Å². The average molecular weight is 275 g/mol. The van der Waals surface area contributed by atoms with E-state index in [9.17, 15) is 9.59 Å². The molecular formula is C15H21N3O2. The molecule has 5 heteroatoms. The van der Waals surface area contributed by atoms with Gasteiger partial charge in [0, 0.05) is 31.4 Å². The van der Waals surface area contributed by atoms with Gasteiger partial charge in [0.1, 0.15) is 0 Å². The van der Waals surface area contributed by atoms with E-state index in [0.717, 1.165) is 5.56 Å². The third-order valence-electron chi connectivity index (χ3n) is 4.02. The van der Waals surface area contributed by atoms with Gasteiger partial charge in [-0.1, -0.05) is 0 Å². The predicted molar refractivity (Wildman–Crippen MR) is 78.3 cm³/mol. The molecule has 1 saturated heterocycles. The Balaban J connectivity index is 2.18. The van der Waals surface area contributed by atoms with E-state index in [-0.39, 0.29) is 11.8 Å². The van der Waals surface area contributed by atoms with Gasteiger partial charge in [0.2, 0.25) is 5.91 Å². The molecule has 1 aromatic rings. The molecule has 1 aliphatic rings. The average Bonchev–Trinajstić information content (AvgIpc) is 2.81. The highest BCUT2D eigenvalue weighted by atomic mass is 16.2. The summed E-state index contributed by atoms with van der Waals surface area (Å²) in [5.74, 6) is -0.0445. The van der Waals surface area contributed by atoms with Crippen LogP contribution in [0.5, 0.6) is 0 Å². The van der Waals surface area contributed by atoms with E-state index in [1.165, 1.54) is 0 Å². The predicted octanol–water partition coefficient (Wildman–Crippen LogP) is 1.18. The molecule has 108 valence electrons. The summed E-state index contributed by atoms with van der Waals surface area (Å²) in [6.45, 7) is 4.83. The third-order valence-corrected chi connectivity index (χ3v) is 4.02. The lowest BCUT2D eigenvalue weighted by molar-refractivity contribution is -0.128. The number of likely N-dealkylation sites (tertiary alicyclic amines) is 1. The van der Waals surface area contributed by atoms with Crippen LogP contribution in [0.1, 0.15) is 29.3 Å². The van der Waals surface area contributed by atoms with E-state index in [4.69, 9.17) is 5.73 Å². The first-order valence-corrected chi connectivity index (χ1v) is 6.75. The number of anilines is 1. The highest BCUT2D eigenvalue weighted by molar-refractivity contribution is 5.97. The van der Waals surface area contributed by atoms with Crippen LogP contribution in [0.4, 0.5) is 5.69 Å². The van der Waals surface area contributed by atoms with Crippen LogP contribution in [-0.2, 0) is 4.79 Å². The molecule has 1 aromatic carbocycles. The maximum Gasteiger partial charge on any atom is 0.254 e. The molecule has 20 heavy (non-hydrogen) atoms. The Morgan fingerprint density at radius 2 is 2.10 bits per heavy atom. The molecule has 3 N–H and O–H groups in total. The number of amides is 2. The minimum Gasteiger partial charge on any atom is -0.399 e. The zero-order valence-electron chi connectivity index (χ0n) is 12.2. The van der Waals surface area contributed by atoms with Gasteiger partial charge in [0.15, 0.2) is 0 Å². The standard InChI is InChI=1S/C15H21N3O2/c1-10-8-11(16)4-5-12(10)13(19)18-7-6-15(2,9-18)14(20)17-3/h4-5,8H,6-7,9,16H2,1-3H3,(H,17,20). The fraction of sp³-hybridized carbons (Fsp3) is 0.467. The summed E-state index contributed by atoms with van der Waals surface area (Å²) in [5, 5.41) is 2.67. The van der Waals surface area contributed by atoms with Crippen molar-refractivity contribution in [3.05, 3.63) is 29.3 Å². The second kappa shape index (κ2) is 5.15. The molecular weight excluding hydrogens is 254 g/mol. The minimum absolute atomic E-state index is 0.0122. The minimum atomic E-state index is -0.494. The van der Waals surface area contributed by atoms with Crippen LogP contribution in [0, 0.1) is 12.3 Å². The highest BCUT2D eigenvalue weighted by Crippen LogP contribution is 2.31. The maximum atomic E-state index is 12.5. The molecule has 1 atom stereocenters. The molecule has 5 nitrogen and oxygen atoms in total. The topological polar surface area (TPSA) is 75.4 Å². The summed E-state index contributed by atoms with van der Waals surface area (Å²) in [5.41, 5.74) is 7.38. The van der Waals surface area contributed by atoms with Gasteiger partial charge in [-0.25, -0.2) is 0 Å². The monoisotopic (exact) mass is 275 g/mol. The molecule has 1 aliphatic heterocycles. The van der Waals surface area contributed by atoms with E-state index in [2.05, 4.69) is 5.32 Å². The number of benzene rings is 1. The highest BCUT2D eigenvalue weighted by Gasteiger charge is 2.41. The lowest BCUT2D eigenvalue weighted by Crippen LogP contribution is -2.40. The fourth-order valence-corrected chi connectivity index (χ4v) is 2.72. The second-order valence-corrected chi connectivity index (χ2v) is 5.69. The van der Waals surface area contributed by atoms with Gasteiger partial charge >= 0.3 is 0 Å². The van der Waals surface area contributed by atoms with Crippen LogP contribution in [-0.4, -0.2) is 36.9 Å². The zero-order valence-corrected chi connectivity index (χ0v) is 12.2. The number of nitrogens with one attached hydrogen (secondary N) is 1. The Bertz CT molecular complexity index is 556. The molecule has 1 heterocycles. The number of carbonyl (C=O) groups is 2. The van der Waals surface area contributed by atoms with Crippen molar-refractivity contribution >= 4 is 17.5 Å². The number of carbonyl (C=O) groups excluding carboxylic acids is 2. The first-order chi connectivity index (χ1) is 9.37. The molecule has 1 fully saturated rings. The summed E-state index contributed by atoms with van der Waals surface area (Å²) in [4.78, 5) is 26.2. The molecule has 0 aliphatic carbocycles. The summed E-state index contributed by atoms with van der Waals surface area (Å²) in [6.07, 6.45) is 0.687. The summed E-state index contributed by atoms with van der Waals surface area (Å²) < 4.78 is 0. The SMILES string of the molecule is CNC(=O)C1(C)CCN(C(=O)c2ccc(N)cc2C)C1. The Morgan fingerprint density at radius 1 is 1.40 bits per heavy atom. The largest absolute Gasteiger partial charge is 0.399 e. The van der Waals surface area contributed by atoms with Crippen molar-refractivity contribution in [2.24, 2.45) is 5.41 Å². The first kappa shape index (κ1) is 14.4. The molecule has 1 unspecified atom stereocenters. The maximum absolute atomic E-state index is 12.5. The second-order valence-electron chi connectivity index (χ2n) is 5.69. The van der Waals surface area contributed by atoms with Crippen molar-refractivity contribution in [2.45, 2.75) is 20.3 Å². The van der Waals surface area contributed by atoms with E-state index < -0.39 is 5.41 Å². The zero-order chi connectivity index (χ0) is 14.9. The fourth-order valence-electron chi connectivity index (χ4n) is 2.72. The number of hydrogen-bond acceptors (Lipinski definition) is 3. The van der Waals surface area contributed by atoms with Gasteiger partial charge in [0.25, 0.3) is 5.91 Å². The van der Waals surface area contributed by atoms with Crippen LogP contribution < -0.4 is 11.1 Å². The lowest BCUT2D eigenvalue weighted by atomic mass is 9.89. The van der Waals surface area contributed by atoms with Gasteiger partial charge in [-0.15, -0.1) is 0 Å². The van der Waals surface area contributed by atoms with Gasteiger partial charge in [-0.2, -0.15) is 0 Å². The molecule has 0 spiro atoms. The number of nitrogen functional groups attached to an aromatic ring is 1. The van der Waals surface area contributed by atoms with Crippen molar-refractivity contribution in [1.29, 1.82) is 0 Å². The van der Waals surface area contributed by atoms with Crippen molar-refractivity contribution in [3.8, 4) is 0 Å². The molecule has 0 saturated carbocycles. The molecule has 0 aromatic heterocycles. The van der Waals surface area contributed by atoms with Crippen molar-refractivity contribution in [3.63, 3.8) is 0 Å². The summed E-state index contributed by atoms with van der Waals surface area (Å²) in [7, 11) is 1.63. The van der Waals surface area contributed by atoms with Crippen LogP contribution in [0.3, 0.4) is 0 Å². The van der Waals surface area contributed by atoms with Crippen molar-refractivity contribution in [1.82, 2.24) is 10.2 Å². The molecule has 0 bridgehead atoms. The normalized spacial score (nSPS) is 21.9. The smallest absolute Gasteiger partial charge is 0.254 e. The van der Waals surface area contributed by atoms with Gasteiger partial charge in [-0.05, 0) is 44.0 Å². The summed E-state index contributed by atoms with van der Waals surface area (Å²) in [6, 6.07) is 5.28. The van der Waals surface area contributed by atoms with Crippen molar-refractivity contribution < 1.29 is 9.59 Å². The number of rotatable bonds is 2. The quantitative estimate of drug-likeness (QED) is 0.796. The van der Waals surface area contributed by atoms with Crippen LogP contribution in [0.15, 0.2) is 18.2 Å². The van der Waals surface area contributed by atoms with Crippen molar-refractivity contribution in [2.75, 3.05) is 25.9 Å². The molecule has 2 amide bonds. The Kier molecular flexibility index (Phi) is 3.70. The number of aryl methyl sites for hydroxylation is 1. The van der Waals surface area contributed by atoms with Crippen LogP contribution in [0.2, 0.25) is 0 Å². The lowest BCUT2D eigenvalue weighted by Gasteiger charge is -2.23. The van der Waals surface area contributed by atoms with Gasteiger partial charge in [0.05, 0.1) is 5.41 Å². The van der Waals surface area contributed by atoms with E-state index >= 15 is 0 Å². The molecule has 0 radical (unpaired) electrons. The number of nitrogens with zero attached hydrogens (tertiary/aromatic N) is 1. The van der Waals surface area contributed by atoms with Crippen LogP contribution >= 0.6 is 0 Å². The Hall–Kier alpha value is -2.04. The molecule has 2 rings (SSSR count). The van der Waals surface area contributed by atoms with E-state index in [1.54, 1.807) is 30.1 Å². The van der Waals surface area contributed by atoms with E-state index in [0.29, 0.717) is 30.8 Å². The number of nitrogens with two attached hydrogens (primary N) is 1. The van der Waals surface area contributed by atoms with Gasteiger partial charge < -0.3 is 16.0 Å². The van der Waals surface area contributed by atoms with Crippen LogP contribution in [0.25, 0.3) is 0 Å². The summed E-state index contributed by atoms with van der Waals surface area (Å²) >= 11 is 0. The Morgan fingerprint density at radius 3 is 2.70 bits per heavy atom. The van der Waals surface area contributed by atoms with E-state index in [1.807, 2.05) is 13.8 Å².